The molecule has 0 heterocycles. The van der Waals surface area contributed by atoms with Crippen LogP contribution in [-0.4, -0.2) is 31.8 Å². The average Bonchev–Trinajstić information content (AvgIpc) is 2.54. The minimum Gasteiger partial charge on any atom is -0.258 e. The molecule has 0 fully saturated rings. The van der Waals surface area contributed by atoms with Gasteiger partial charge in [0.05, 0.1) is 19.6 Å². The van der Waals surface area contributed by atoms with Crippen LogP contribution in [-0.2, 0) is 19.7 Å². The van der Waals surface area contributed by atoms with E-state index in [1.165, 1.54) is 0 Å². The summed E-state index contributed by atoms with van der Waals surface area (Å²) in [5, 5.41) is 19.9. The lowest BCUT2D eigenvalue weighted by Gasteiger charge is -2.06. The maximum absolute atomic E-state index is 12.2. The van der Waals surface area contributed by atoms with Crippen LogP contribution in [0.4, 0.5) is 11.4 Å². The highest BCUT2D eigenvalue weighted by molar-refractivity contribution is 8.08. The van der Waals surface area contributed by atoms with E-state index < -0.39 is 34.6 Å². The maximum atomic E-state index is 12.2. The first-order valence-corrected chi connectivity index (χ1v) is 9.78. The Morgan fingerprint density at radius 1 is 0.640 bits per heavy atom. The first-order chi connectivity index (χ1) is 11.5. The lowest BCUT2D eigenvalue weighted by Crippen LogP contribution is -2.17. The normalized spacial score (nSPS) is 11.8. The molecule has 0 atom stereocenters. The zero-order valence-electron chi connectivity index (χ0n) is 12.3. The number of rotatable bonds is 6. The van der Waals surface area contributed by atoms with Gasteiger partial charge < -0.3 is 0 Å². The van der Waals surface area contributed by atoms with Crippen molar-refractivity contribution in [3.8, 4) is 0 Å². The average molecular weight is 386 g/mol. The van der Waals surface area contributed by atoms with Crippen LogP contribution in [0.25, 0.3) is 0 Å². The molecular weight excluding hydrogens is 376 g/mol. The molecular formula is C13H10N2O8S2. The third-order valence-corrected chi connectivity index (χ3v) is 7.59. The summed E-state index contributed by atoms with van der Waals surface area (Å²) in [5.74, 6) is 0. The van der Waals surface area contributed by atoms with Crippen LogP contribution in [0, 0.1) is 20.2 Å². The topological polar surface area (TPSA) is 155 Å². The Morgan fingerprint density at radius 2 is 0.920 bits per heavy atom. The van der Waals surface area contributed by atoms with Crippen LogP contribution in [0.5, 0.6) is 0 Å². The number of hydrogen-bond acceptors (Lipinski definition) is 8. The van der Waals surface area contributed by atoms with E-state index in [4.69, 9.17) is 0 Å². The summed E-state index contributed by atoms with van der Waals surface area (Å²) in [6, 6.07) is 7.57. The number of non-ortho nitro benzene ring substituents is 2. The first kappa shape index (κ1) is 18.5. The molecule has 0 bridgehead atoms. The van der Waals surface area contributed by atoms with E-state index in [-0.39, 0.29) is 21.2 Å². The minimum atomic E-state index is -4.28. The van der Waals surface area contributed by atoms with Crippen molar-refractivity contribution in [2.75, 3.05) is 5.08 Å². The van der Waals surface area contributed by atoms with Gasteiger partial charge in [-0.1, -0.05) is 0 Å². The van der Waals surface area contributed by atoms with Gasteiger partial charge in [-0.2, -0.15) is 0 Å². The fraction of sp³-hybridized carbons (Fsp3) is 0.0769. The Bertz CT molecular complexity index is 941. The highest BCUT2D eigenvalue weighted by Crippen LogP contribution is 2.22. The summed E-state index contributed by atoms with van der Waals surface area (Å²) in [7, 11) is -8.56. The van der Waals surface area contributed by atoms with Crippen molar-refractivity contribution < 1.29 is 26.7 Å². The van der Waals surface area contributed by atoms with Gasteiger partial charge in [-0.05, 0) is 24.3 Å². The SMILES string of the molecule is O=[N+]([O-])c1ccc(S(=O)(=O)CS(=O)(=O)c2ccc([N+](=O)[O-])cc2)cc1. The zero-order chi connectivity index (χ0) is 18.8. The minimum absolute atomic E-state index is 0.336. The molecule has 0 aliphatic heterocycles. The highest BCUT2D eigenvalue weighted by Gasteiger charge is 2.27. The molecule has 0 aliphatic carbocycles. The number of nitrogens with zero attached hydrogens (tertiary/aromatic N) is 2. The Labute approximate surface area is 141 Å². The van der Waals surface area contributed by atoms with Crippen LogP contribution >= 0.6 is 0 Å². The molecule has 0 saturated heterocycles. The van der Waals surface area contributed by atoms with E-state index in [1.54, 1.807) is 0 Å². The molecule has 2 aromatic carbocycles. The number of benzene rings is 2. The predicted molar refractivity (Wildman–Crippen MR) is 85.4 cm³/mol. The van der Waals surface area contributed by atoms with Gasteiger partial charge >= 0.3 is 0 Å². The van der Waals surface area contributed by atoms with Crippen molar-refractivity contribution in [3.63, 3.8) is 0 Å². The van der Waals surface area contributed by atoms with Crippen molar-refractivity contribution in [2.24, 2.45) is 0 Å². The van der Waals surface area contributed by atoms with Gasteiger partial charge in [-0.25, -0.2) is 16.8 Å². The molecule has 0 spiro atoms. The van der Waals surface area contributed by atoms with E-state index in [0.717, 1.165) is 48.5 Å². The molecule has 0 unspecified atom stereocenters. The standard InChI is InChI=1S/C13H10N2O8S2/c16-14(17)10-1-5-12(6-2-10)24(20,21)9-25(22,23)13-7-3-11(4-8-13)15(18)19/h1-8H,9H2. The van der Waals surface area contributed by atoms with Gasteiger partial charge in [0.2, 0.25) is 0 Å². The van der Waals surface area contributed by atoms with Crippen molar-refractivity contribution in [2.45, 2.75) is 9.79 Å². The van der Waals surface area contributed by atoms with Crippen LogP contribution in [0.2, 0.25) is 0 Å². The van der Waals surface area contributed by atoms with E-state index in [0.29, 0.717) is 0 Å². The Hall–Kier alpha value is -2.86. The molecule has 0 aliphatic rings. The summed E-state index contributed by atoms with van der Waals surface area (Å²) in [4.78, 5) is 18.9. The van der Waals surface area contributed by atoms with Crippen LogP contribution in [0.3, 0.4) is 0 Å². The lowest BCUT2D eigenvalue weighted by atomic mass is 10.3. The predicted octanol–water partition coefficient (Wildman–Crippen LogP) is 1.71. The van der Waals surface area contributed by atoms with Crippen molar-refractivity contribution >= 4 is 31.0 Å². The van der Waals surface area contributed by atoms with Gasteiger partial charge in [0.1, 0.15) is 0 Å². The third kappa shape index (κ3) is 4.16. The van der Waals surface area contributed by atoms with E-state index in [2.05, 4.69) is 0 Å². The van der Waals surface area contributed by atoms with Gasteiger partial charge in [0.15, 0.2) is 24.8 Å². The second-order valence-corrected chi connectivity index (χ2v) is 9.19. The molecule has 0 amide bonds. The molecule has 25 heavy (non-hydrogen) atoms. The van der Waals surface area contributed by atoms with Crippen LogP contribution in [0.15, 0.2) is 58.3 Å². The van der Waals surface area contributed by atoms with Crippen molar-refractivity contribution in [1.82, 2.24) is 0 Å². The Kier molecular flexibility index (Phi) is 4.85. The summed E-state index contributed by atoms with van der Waals surface area (Å²) in [5.41, 5.74) is -0.672. The molecule has 0 radical (unpaired) electrons. The van der Waals surface area contributed by atoms with Crippen LogP contribution in [0.1, 0.15) is 0 Å². The quantitative estimate of drug-likeness (QED) is 0.536. The third-order valence-electron chi connectivity index (χ3n) is 3.12. The molecule has 2 aromatic rings. The molecule has 0 N–H and O–H groups in total. The van der Waals surface area contributed by atoms with E-state index in [1.807, 2.05) is 0 Å². The second kappa shape index (κ2) is 6.57. The molecule has 132 valence electrons. The second-order valence-electron chi connectivity index (χ2n) is 4.85. The van der Waals surface area contributed by atoms with Gasteiger partial charge in [0.25, 0.3) is 11.4 Å². The summed E-state index contributed by atoms with van der Waals surface area (Å²) < 4.78 is 48.9. The number of hydrogen-bond donors (Lipinski definition) is 0. The van der Waals surface area contributed by atoms with Crippen molar-refractivity contribution in [1.29, 1.82) is 0 Å². The zero-order valence-corrected chi connectivity index (χ0v) is 13.9. The monoisotopic (exact) mass is 386 g/mol. The lowest BCUT2D eigenvalue weighted by molar-refractivity contribution is -0.385. The number of nitro benzene ring substituents is 2. The molecule has 0 saturated carbocycles. The number of nitro groups is 2. The summed E-state index contributed by atoms with van der Waals surface area (Å²) in [6.07, 6.45) is 0. The summed E-state index contributed by atoms with van der Waals surface area (Å²) in [6.45, 7) is 0. The Balaban J connectivity index is 2.31. The van der Waals surface area contributed by atoms with Gasteiger partial charge in [0, 0.05) is 24.3 Å². The maximum Gasteiger partial charge on any atom is 0.269 e. The van der Waals surface area contributed by atoms with E-state index >= 15 is 0 Å². The van der Waals surface area contributed by atoms with Crippen LogP contribution < -0.4 is 0 Å². The highest BCUT2D eigenvalue weighted by atomic mass is 32.3. The van der Waals surface area contributed by atoms with Crippen molar-refractivity contribution in [3.05, 3.63) is 68.8 Å². The van der Waals surface area contributed by atoms with E-state index in [9.17, 15) is 37.1 Å². The molecule has 12 heteroatoms. The Morgan fingerprint density at radius 3 is 1.16 bits per heavy atom. The first-order valence-electron chi connectivity index (χ1n) is 6.47. The molecule has 2 rings (SSSR count). The van der Waals surface area contributed by atoms with Gasteiger partial charge in [-0.15, -0.1) is 0 Å². The smallest absolute Gasteiger partial charge is 0.258 e. The number of sulfone groups is 2. The fourth-order valence-corrected chi connectivity index (χ4v) is 5.71. The molecule has 10 nitrogen and oxygen atoms in total. The summed E-state index contributed by atoms with van der Waals surface area (Å²) >= 11 is 0. The molecule has 0 aromatic heterocycles. The largest absolute Gasteiger partial charge is 0.269 e. The van der Waals surface area contributed by atoms with Gasteiger partial charge in [-0.3, -0.25) is 20.2 Å². The fourth-order valence-electron chi connectivity index (χ4n) is 1.89.